The van der Waals surface area contributed by atoms with Crippen molar-refractivity contribution < 1.29 is 13.2 Å². The minimum atomic E-state index is -3.65. The van der Waals surface area contributed by atoms with Crippen LogP contribution in [0.5, 0.6) is 0 Å². The summed E-state index contributed by atoms with van der Waals surface area (Å²) >= 11 is 5.98. The van der Waals surface area contributed by atoms with Gasteiger partial charge in [-0.05, 0) is 55.7 Å². The summed E-state index contributed by atoms with van der Waals surface area (Å²) in [5, 5.41) is 3.26. The van der Waals surface area contributed by atoms with Gasteiger partial charge in [-0.15, -0.1) is 0 Å². The molecule has 0 aliphatic carbocycles. The maximum atomic E-state index is 12.7. The van der Waals surface area contributed by atoms with Crippen LogP contribution in [0.4, 0.5) is 11.4 Å². The van der Waals surface area contributed by atoms with E-state index in [1.54, 1.807) is 37.3 Å². The Morgan fingerprint density at radius 3 is 2.35 bits per heavy atom. The number of hydrogen-bond acceptors (Lipinski definition) is 3. The van der Waals surface area contributed by atoms with Gasteiger partial charge in [-0.1, -0.05) is 36.7 Å². The molecular formula is C19H23ClN2O3S. The maximum Gasteiger partial charge on any atom is 0.248 e. The van der Waals surface area contributed by atoms with Crippen LogP contribution in [0.15, 0.2) is 42.5 Å². The average Bonchev–Trinajstić information content (AvgIpc) is 2.57. The second-order valence-corrected chi connectivity index (χ2v) is 8.50. The molecule has 1 N–H and O–H groups in total. The van der Waals surface area contributed by atoms with Crippen LogP contribution < -0.4 is 9.62 Å². The second-order valence-electron chi connectivity index (χ2n) is 6.20. The van der Waals surface area contributed by atoms with Crippen molar-refractivity contribution in [2.75, 3.05) is 15.9 Å². The van der Waals surface area contributed by atoms with Crippen LogP contribution in [0.2, 0.25) is 5.02 Å². The predicted octanol–water partition coefficient (Wildman–Crippen LogP) is 4.00. The number of carbonyl (C=O) groups is 1. The van der Waals surface area contributed by atoms with Gasteiger partial charge in [0, 0.05) is 10.7 Å². The first kappa shape index (κ1) is 20.3. The van der Waals surface area contributed by atoms with Gasteiger partial charge in [0.1, 0.15) is 6.04 Å². The predicted molar refractivity (Wildman–Crippen MR) is 107 cm³/mol. The van der Waals surface area contributed by atoms with E-state index in [4.69, 9.17) is 11.6 Å². The van der Waals surface area contributed by atoms with Crippen molar-refractivity contribution >= 4 is 38.9 Å². The van der Waals surface area contributed by atoms with Crippen molar-refractivity contribution in [3.63, 3.8) is 0 Å². The average molecular weight is 395 g/mol. The van der Waals surface area contributed by atoms with Crippen LogP contribution >= 0.6 is 11.6 Å². The van der Waals surface area contributed by atoms with Gasteiger partial charge in [-0.25, -0.2) is 8.42 Å². The third-order valence-corrected chi connectivity index (χ3v) is 5.62. The molecule has 0 saturated carbocycles. The summed E-state index contributed by atoms with van der Waals surface area (Å²) in [7, 11) is -3.65. The summed E-state index contributed by atoms with van der Waals surface area (Å²) in [4.78, 5) is 12.7. The first-order chi connectivity index (χ1) is 12.1. The molecular weight excluding hydrogens is 372 g/mol. The summed E-state index contributed by atoms with van der Waals surface area (Å²) in [5.74, 6) is -0.430. The van der Waals surface area contributed by atoms with Gasteiger partial charge in [0.25, 0.3) is 0 Å². The van der Waals surface area contributed by atoms with E-state index in [0.717, 1.165) is 28.1 Å². The fourth-order valence-electron chi connectivity index (χ4n) is 2.65. The quantitative estimate of drug-likeness (QED) is 0.805. The summed E-state index contributed by atoms with van der Waals surface area (Å²) in [5.41, 5.74) is 2.95. The lowest BCUT2D eigenvalue weighted by molar-refractivity contribution is -0.116. The molecule has 0 spiro atoms. The van der Waals surface area contributed by atoms with E-state index in [9.17, 15) is 13.2 Å². The van der Waals surface area contributed by atoms with Gasteiger partial charge in [-0.3, -0.25) is 9.10 Å². The number of nitrogens with one attached hydrogen (secondary N) is 1. The minimum absolute atomic E-state index is 0.430. The second kappa shape index (κ2) is 8.10. The van der Waals surface area contributed by atoms with Crippen LogP contribution in [-0.2, 0) is 21.2 Å². The molecule has 5 nitrogen and oxygen atoms in total. The molecule has 2 aromatic rings. The molecule has 2 rings (SSSR count). The number of sulfonamides is 1. The number of anilines is 2. The van der Waals surface area contributed by atoms with Gasteiger partial charge < -0.3 is 5.32 Å². The molecule has 1 atom stereocenters. The highest BCUT2D eigenvalue weighted by Gasteiger charge is 2.29. The highest BCUT2D eigenvalue weighted by Crippen LogP contribution is 2.24. The zero-order chi connectivity index (χ0) is 19.5. The van der Waals surface area contributed by atoms with Gasteiger partial charge in [-0.2, -0.15) is 0 Å². The van der Waals surface area contributed by atoms with E-state index in [1.165, 1.54) is 0 Å². The molecule has 0 heterocycles. The molecule has 0 aromatic heterocycles. The molecule has 0 radical (unpaired) electrons. The third-order valence-electron chi connectivity index (χ3n) is 4.15. The lowest BCUT2D eigenvalue weighted by Gasteiger charge is -2.28. The topological polar surface area (TPSA) is 66.5 Å². The number of benzene rings is 2. The Labute approximate surface area is 160 Å². The summed E-state index contributed by atoms with van der Waals surface area (Å²) in [6.45, 7) is 5.42. The Morgan fingerprint density at radius 1 is 1.19 bits per heavy atom. The smallest absolute Gasteiger partial charge is 0.248 e. The largest absolute Gasteiger partial charge is 0.324 e. The molecule has 2 aromatic carbocycles. The Morgan fingerprint density at radius 2 is 1.81 bits per heavy atom. The van der Waals surface area contributed by atoms with Gasteiger partial charge in [0.2, 0.25) is 15.9 Å². The molecule has 0 saturated heterocycles. The number of amides is 1. The van der Waals surface area contributed by atoms with E-state index >= 15 is 0 Å². The van der Waals surface area contributed by atoms with Crippen molar-refractivity contribution in [1.29, 1.82) is 0 Å². The van der Waals surface area contributed by atoms with Crippen LogP contribution in [0, 0.1) is 6.92 Å². The molecule has 1 amide bonds. The van der Waals surface area contributed by atoms with Crippen molar-refractivity contribution in [3.05, 3.63) is 58.6 Å². The zero-order valence-corrected chi connectivity index (χ0v) is 16.9. The fraction of sp³-hybridized carbons (Fsp3) is 0.316. The Bertz CT molecular complexity index is 896. The van der Waals surface area contributed by atoms with E-state index < -0.39 is 22.0 Å². The summed E-state index contributed by atoms with van der Waals surface area (Å²) < 4.78 is 25.8. The van der Waals surface area contributed by atoms with Crippen molar-refractivity contribution in [1.82, 2.24) is 0 Å². The Balaban J connectivity index is 2.32. The number of hydrogen-bond donors (Lipinski definition) is 1. The highest BCUT2D eigenvalue weighted by molar-refractivity contribution is 7.92. The van der Waals surface area contributed by atoms with E-state index in [-0.39, 0.29) is 0 Å². The third kappa shape index (κ3) is 4.77. The van der Waals surface area contributed by atoms with E-state index in [1.807, 2.05) is 26.0 Å². The van der Waals surface area contributed by atoms with Crippen LogP contribution in [0.1, 0.15) is 25.0 Å². The molecule has 140 valence electrons. The van der Waals surface area contributed by atoms with Crippen LogP contribution in [0.3, 0.4) is 0 Å². The lowest BCUT2D eigenvalue weighted by atomic mass is 10.1. The first-order valence-corrected chi connectivity index (χ1v) is 10.5. The number of rotatable bonds is 6. The Kier molecular flexibility index (Phi) is 6.31. The number of aryl methyl sites for hydroxylation is 2. The molecule has 26 heavy (non-hydrogen) atoms. The van der Waals surface area contributed by atoms with E-state index in [2.05, 4.69) is 5.32 Å². The first-order valence-electron chi connectivity index (χ1n) is 8.29. The molecule has 7 heteroatoms. The Hall–Kier alpha value is -2.05. The van der Waals surface area contributed by atoms with Crippen LogP contribution in [0.25, 0.3) is 0 Å². The van der Waals surface area contributed by atoms with Gasteiger partial charge >= 0.3 is 0 Å². The molecule has 0 aliphatic rings. The standard InChI is InChI=1S/C19H23ClN2O3S/c1-5-15-7-10-17(11-8-15)22(26(4,24)25)14(3)19(23)21-18-12-16(20)9-6-13(18)2/h6-12,14H,5H2,1-4H3,(H,21,23). The fourth-order valence-corrected chi connectivity index (χ4v) is 4.00. The SMILES string of the molecule is CCc1ccc(N(C(C)C(=O)Nc2cc(Cl)ccc2C)S(C)(=O)=O)cc1. The summed E-state index contributed by atoms with van der Waals surface area (Å²) in [6, 6.07) is 11.4. The van der Waals surface area contributed by atoms with Crippen molar-refractivity contribution in [2.45, 2.75) is 33.2 Å². The molecule has 0 aliphatic heterocycles. The van der Waals surface area contributed by atoms with Gasteiger partial charge in [0.05, 0.1) is 11.9 Å². The van der Waals surface area contributed by atoms with Gasteiger partial charge in [0.15, 0.2) is 0 Å². The lowest BCUT2D eigenvalue weighted by Crippen LogP contribution is -2.45. The number of carbonyl (C=O) groups excluding carboxylic acids is 1. The zero-order valence-electron chi connectivity index (χ0n) is 15.3. The van der Waals surface area contributed by atoms with Crippen molar-refractivity contribution in [3.8, 4) is 0 Å². The van der Waals surface area contributed by atoms with E-state index in [0.29, 0.717) is 16.4 Å². The van der Waals surface area contributed by atoms with Crippen molar-refractivity contribution in [2.24, 2.45) is 0 Å². The minimum Gasteiger partial charge on any atom is -0.324 e. The molecule has 0 fully saturated rings. The molecule has 0 bridgehead atoms. The highest BCUT2D eigenvalue weighted by atomic mass is 35.5. The van der Waals surface area contributed by atoms with Crippen LogP contribution in [-0.4, -0.2) is 26.6 Å². The number of nitrogens with zero attached hydrogens (tertiary/aromatic N) is 1. The maximum absolute atomic E-state index is 12.7. The monoisotopic (exact) mass is 394 g/mol. The summed E-state index contributed by atoms with van der Waals surface area (Å²) in [6.07, 6.45) is 1.94. The normalized spacial score (nSPS) is 12.5. The number of halogens is 1. The molecule has 1 unspecified atom stereocenters.